The highest BCUT2D eigenvalue weighted by Gasteiger charge is 2.24. The zero-order valence-corrected chi connectivity index (χ0v) is 19.3. The number of anilines is 1. The Bertz CT molecular complexity index is 1040. The molecule has 3 heterocycles. The molecule has 0 spiro atoms. The third-order valence-corrected chi connectivity index (χ3v) is 6.20. The van der Waals surface area contributed by atoms with Crippen molar-refractivity contribution in [3.8, 4) is 11.3 Å². The van der Waals surface area contributed by atoms with Gasteiger partial charge in [-0.2, -0.15) is 5.10 Å². The number of unbranched alkanes of at least 4 members (excludes halogenated alkanes) is 1. The highest BCUT2D eigenvalue weighted by atomic mass is 35.5. The average molecular weight is 447 g/mol. The summed E-state index contributed by atoms with van der Waals surface area (Å²) < 4.78 is 7.87. The fourth-order valence-corrected chi connectivity index (χ4v) is 4.68. The highest BCUT2D eigenvalue weighted by molar-refractivity contribution is 6.36. The first-order valence-corrected chi connectivity index (χ1v) is 11.4. The van der Waals surface area contributed by atoms with Crippen LogP contribution in [0.2, 0.25) is 10.0 Å². The highest BCUT2D eigenvalue weighted by Crippen LogP contribution is 2.37. The number of hydrogen-bond donors (Lipinski definition) is 0. The number of pyridine rings is 1. The van der Waals surface area contributed by atoms with E-state index in [9.17, 15) is 0 Å². The maximum atomic E-state index is 6.51. The molecule has 1 aromatic carbocycles. The molecule has 1 aliphatic heterocycles. The topological polar surface area (TPSA) is 43.2 Å². The molecular formula is C23H28Cl2N4O. The van der Waals surface area contributed by atoms with Gasteiger partial charge in [0.25, 0.3) is 0 Å². The molecule has 1 aliphatic rings. The van der Waals surface area contributed by atoms with Gasteiger partial charge in [-0.25, -0.2) is 4.98 Å². The Kier molecular flexibility index (Phi) is 6.51. The van der Waals surface area contributed by atoms with E-state index in [1.165, 1.54) is 0 Å². The van der Waals surface area contributed by atoms with E-state index in [4.69, 9.17) is 38.0 Å². The molecule has 1 atom stereocenters. The van der Waals surface area contributed by atoms with E-state index in [2.05, 4.69) is 17.9 Å². The maximum absolute atomic E-state index is 6.51. The van der Waals surface area contributed by atoms with Crippen LogP contribution in [-0.4, -0.2) is 40.6 Å². The number of benzene rings is 1. The predicted octanol–water partition coefficient (Wildman–Crippen LogP) is 6.04. The van der Waals surface area contributed by atoms with E-state index in [1.54, 1.807) is 6.07 Å². The molecule has 1 saturated heterocycles. The molecular weight excluding hydrogens is 419 g/mol. The minimum absolute atomic E-state index is 0.281. The van der Waals surface area contributed by atoms with Crippen LogP contribution < -0.4 is 4.90 Å². The molecule has 30 heavy (non-hydrogen) atoms. The normalized spacial score (nSPS) is 16.5. The van der Waals surface area contributed by atoms with E-state index in [0.29, 0.717) is 10.0 Å². The summed E-state index contributed by atoms with van der Waals surface area (Å²) in [5.41, 5.74) is 5.64. The van der Waals surface area contributed by atoms with Gasteiger partial charge in [0.2, 0.25) is 0 Å². The largest absolute Gasteiger partial charge is 0.376 e. The molecule has 7 heteroatoms. The van der Waals surface area contributed by atoms with E-state index >= 15 is 0 Å². The Morgan fingerprint density at radius 3 is 2.80 bits per heavy atom. The number of aromatic nitrogens is 3. The zero-order chi connectivity index (χ0) is 21.3. The van der Waals surface area contributed by atoms with Gasteiger partial charge in [-0.05, 0) is 50.5 Å². The number of aryl methyl sites for hydroxylation is 2. The summed E-state index contributed by atoms with van der Waals surface area (Å²) in [6.07, 6.45) is 4.81. The van der Waals surface area contributed by atoms with Crippen LogP contribution in [0.25, 0.3) is 22.3 Å². The number of hydrogen-bond acceptors (Lipinski definition) is 4. The van der Waals surface area contributed by atoms with Crippen LogP contribution in [0.4, 0.5) is 5.69 Å². The molecule has 1 unspecified atom stereocenters. The Morgan fingerprint density at radius 1 is 1.27 bits per heavy atom. The molecule has 1 fully saturated rings. The zero-order valence-electron chi connectivity index (χ0n) is 17.8. The SMILES string of the molecule is CCCCN(CC1CCCO1)c1cc(C)nc2c(-c3ccc(Cl)cc3Cl)nn(C)c12. The van der Waals surface area contributed by atoms with Crippen molar-refractivity contribution in [3.63, 3.8) is 0 Å². The lowest BCUT2D eigenvalue weighted by Gasteiger charge is -2.28. The summed E-state index contributed by atoms with van der Waals surface area (Å²) in [4.78, 5) is 7.31. The second kappa shape index (κ2) is 9.13. The van der Waals surface area contributed by atoms with Crippen molar-refractivity contribution in [2.24, 2.45) is 7.05 Å². The van der Waals surface area contributed by atoms with Gasteiger partial charge >= 0.3 is 0 Å². The van der Waals surface area contributed by atoms with Gasteiger partial charge in [0.1, 0.15) is 16.7 Å². The van der Waals surface area contributed by atoms with Crippen LogP contribution in [-0.2, 0) is 11.8 Å². The lowest BCUT2D eigenvalue weighted by atomic mass is 10.1. The molecule has 0 amide bonds. The van der Waals surface area contributed by atoms with Crippen LogP contribution >= 0.6 is 23.2 Å². The molecule has 0 saturated carbocycles. The first-order chi connectivity index (χ1) is 14.5. The summed E-state index contributed by atoms with van der Waals surface area (Å²) in [6.45, 7) is 7.00. The van der Waals surface area contributed by atoms with Crippen molar-refractivity contribution in [3.05, 3.63) is 40.0 Å². The Morgan fingerprint density at radius 2 is 2.10 bits per heavy atom. The van der Waals surface area contributed by atoms with Crippen LogP contribution in [0.1, 0.15) is 38.3 Å². The van der Waals surface area contributed by atoms with Crippen LogP contribution in [0.5, 0.6) is 0 Å². The standard InChI is InChI=1S/C23H28Cl2N4O/c1-4-5-10-29(14-17-7-6-11-30-17)20-12-15(2)26-22-21(27-28(3)23(20)22)18-9-8-16(24)13-19(18)25/h8-9,12-13,17H,4-7,10-11,14H2,1-3H3. The Balaban J connectivity index is 1.84. The average Bonchev–Trinajstić information content (AvgIpc) is 3.33. The number of ether oxygens (including phenoxy) is 1. The molecule has 2 aromatic heterocycles. The third-order valence-electron chi connectivity index (χ3n) is 5.66. The molecule has 0 bridgehead atoms. The number of fused-ring (bicyclic) bond motifs is 1. The van der Waals surface area contributed by atoms with Gasteiger partial charge in [-0.15, -0.1) is 0 Å². The summed E-state index contributed by atoms with van der Waals surface area (Å²) in [5.74, 6) is 0. The van der Waals surface area contributed by atoms with Gasteiger partial charge in [-0.1, -0.05) is 36.5 Å². The monoisotopic (exact) mass is 446 g/mol. The van der Waals surface area contributed by atoms with Gasteiger partial charge < -0.3 is 9.64 Å². The van der Waals surface area contributed by atoms with Gasteiger partial charge in [0, 0.05) is 43.0 Å². The van der Waals surface area contributed by atoms with Crippen molar-refractivity contribution in [1.29, 1.82) is 0 Å². The second-order valence-corrected chi connectivity index (χ2v) is 8.85. The van der Waals surface area contributed by atoms with Crippen LogP contribution in [0.3, 0.4) is 0 Å². The lowest BCUT2D eigenvalue weighted by Crippen LogP contribution is -2.33. The smallest absolute Gasteiger partial charge is 0.120 e. The van der Waals surface area contributed by atoms with Crippen molar-refractivity contribution in [2.75, 3.05) is 24.6 Å². The quantitative estimate of drug-likeness (QED) is 0.443. The van der Waals surface area contributed by atoms with Crippen molar-refractivity contribution >= 4 is 39.9 Å². The summed E-state index contributed by atoms with van der Waals surface area (Å²) in [6, 6.07) is 7.67. The summed E-state index contributed by atoms with van der Waals surface area (Å²) in [7, 11) is 1.97. The fourth-order valence-electron chi connectivity index (χ4n) is 4.18. The van der Waals surface area contributed by atoms with E-state index < -0.39 is 0 Å². The predicted molar refractivity (Wildman–Crippen MR) is 125 cm³/mol. The number of nitrogens with zero attached hydrogens (tertiary/aromatic N) is 4. The number of rotatable bonds is 7. The molecule has 4 rings (SSSR count). The van der Waals surface area contributed by atoms with Crippen LogP contribution in [0.15, 0.2) is 24.3 Å². The second-order valence-electron chi connectivity index (χ2n) is 8.01. The third kappa shape index (κ3) is 4.29. The van der Waals surface area contributed by atoms with Gasteiger partial charge in [0.15, 0.2) is 0 Å². The van der Waals surface area contributed by atoms with Crippen molar-refractivity contribution in [1.82, 2.24) is 14.8 Å². The Hall–Kier alpha value is -1.82. The molecule has 5 nitrogen and oxygen atoms in total. The maximum Gasteiger partial charge on any atom is 0.120 e. The molecule has 160 valence electrons. The summed E-state index contributed by atoms with van der Waals surface area (Å²) >= 11 is 12.6. The molecule has 0 N–H and O–H groups in total. The van der Waals surface area contributed by atoms with E-state index in [0.717, 1.165) is 79.1 Å². The van der Waals surface area contributed by atoms with Crippen LogP contribution in [0, 0.1) is 6.92 Å². The van der Waals surface area contributed by atoms with E-state index in [1.807, 2.05) is 30.8 Å². The number of halogens is 2. The first kappa shape index (κ1) is 21.4. The summed E-state index contributed by atoms with van der Waals surface area (Å²) in [5, 5.41) is 6.00. The Labute approximate surface area is 187 Å². The lowest BCUT2D eigenvalue weighted by molar-refractivity contribution is 0.115. The van der Waals surface area contributed by atoms with E-state index in [-0.39, 0.29) is 6.10 Å². The fraction of sp³-hybridized carbons (Fsp3) is 0.478. The molecule has 3 aromatic rings. The molecule has 0 aliphatic carbocycles. The minimum Gasteiger partial charge on any atom is -0.376 e. The van der Waals surface area contributed by atoms with Gasteiger partial charge in [-0.3, -0.25) is 4.68 Å². The van der Waals surface area contributed by atoms with Crippen molar-refractivity contribution in [2.45, 2.75) is 45.6 Å². The molecule has 0 radical (unpaired) electrons. The van der Waals surface area contributed by atoms with Gasteiger partial charge in [0.05, 0.1) is 16.8 Å². The van der Waals surface area contributed by atoms with Crippen molar-refractivity contribution < 1.29 is 4.74 Å². The first-order valence-electron chi connectivity index (χ1n) is 10.6. The minimum atomic E-state index is 0.281.